The van der Waals surface area contributed by atoms with Gasteiger partial charge in [0.25, 0.3) is 5.91 Å². The van der Waals surface area contributed by atoms with Crippen LogP contribution in [0.4, 0.5) is 17.5 Å². The van der Waals surface area contributed by atoms with Crippen molar-refractivity contribution < 1.29 is 9.53 Å². The number of nitrogens with one attached hydrogen (secondary N) is 2. The van der Waals surface area contributed by atoms with Gasteiger partial charge >= 0.3 is 0 Å². The van der Waals surface area contributed by atoms with Crippen LogP contribution in [0.1, 0.15) is 33.7 Å². The first kappa shape index (κ1) is 24.0. The molecule has 1 aromatic carbocycles. The minimum absolute atomic E-state index is 0.138. The standard InChI is InChI=1S/C26H30N10O2/c1-14-12-35(13-15(2)38-14)22-10-18(8-9-27-22)24-20-11-19(6-7-21(20)29-30-24)28-25(37)23-16(3)34(5)26-31-32-33-36(26)17(23)4/h6-11,14-15,17H,12-13H2,1-5H3,(H,28,37)(H,29,30)/t14-,15-,17-/m1/s1. The van der Waals surface area contributed by atoms with Crippen molar-refractivity contribution in [1.82, 2.24) is 35.4 Å². The van der Waals surface area contributed by atoms with Crippen molar-refractivity contribution in [2.75, 3.05) is 35.3 Å². The number of pyridine rings is 1. The highest BCUT2D eigenvalue weighted by atomic mass is 16.5. The molecule has 2 aliphatic rings. The van der Waals surface area contributed by atoms with E-state index < -0.39 is 0 Å². The number of hydrogen-bond acceptors (Lipinski definition) is 9. The lowest BCUT2D eigenvalue weighted by molar-refractivity contribution is -0.113. The smallest absolute Gasteiger partial charge is 0.255 e. The Labute approximate surface area is 219 Å². The number of benzene rings is 1. The number of ether oxygens (including phenoxy) is 1. The van der Waals surface area contributed by atoms with Crippen LogP contribution in [0.15, 0.2) is 47.8 Å². The summed E-state index contributed by atoms with van der Waals surface area (Å²) in [6, 6.07) is 9.45. The molecule has 1 saturated heterocycles. The molecule has 0 radical (unpaired) electrons. The third kappa shape index (κ3) is 4.06. The van der Waals surface area contributed by atoms with Gasteiger partial charge in [-0.15, -0.1) is 0 Å². The molecule has 5 heterocycles. The average Bonchev–Trinajstić information content (AvgIpc) is 3.55. The molecule has 6 rings (SSSR count). The summed E-state index contributed by atoms with van der Waals surface area (Å²) in [5.74, 6) is 1.30. The number of carbonyl (C=O) groups excluding carboxylic acids is 1. The Kier molecular flexibility index (Phi) is 5.83. The number of aromatic nitrogens is 7. The fourth-order valence-corrected chi connectivity index (χ4v) is 5.38. The summed E-state index contributed by atoms with van der Waals surface area (Å²) in [4.78, 5) is 22.1. The maximum atomic E-state index is 13.4. The van der Waals surface area contributed by atoms with Gasteiger partial charge in [0.15, 0.2) is 0 Å². The molecular formula is C26H30N10O2. The number of allylic oxidation sites excluding steroid dienone is 1. The Morgan fingerprint density at radius 3 is 2.71 bits per heavy atom. The van der Waals surface area contributed by atoms with Crippen LogP contribution in [0.25, 0.3) is 22.2 Å². The van der Waals surface area contributed by atoms with Crippen molar-refractivity contribution in [2.45, 2.75) is 45.9 Å². The van der Waals surface area contributed by atoms with Crippen LogP contribution in [0.2, 0.25) is 0 Å². The molecule has 4 aromatic rings. The Balaban J connectivity index is 1.29. The Hall–Kier alpha value is -4.32. The van der Waals surface area contributed by atoms with Gasteiger partial charge in [0.05, 0.1) is 29.3 Å². The van der Waals surface area contributed by atoms with Gasteiger partial charge in [0.1, 0.15) is 11.5 Å². The van der Waals surface area contributed by atoms with Crippen LogP contribution < -0.4 is 15.1 Å². The van der Waals surface area contributed by atoms with E-state index >= 15 is 0 Å². The third-order valence-electron chi connectivity index (χ3n) is 7.28. The number of fused-ring (bicyclic) bond motifs is 2. The lowest BCUT2D eigenvalue weighted by Crippen LogP contribution is -2.45. The predicted octanol–water partition coefficient (Wildman–Crippen LogP) is 3.15. The number of anilines is 3. The highest BCUT2D eigenvalue weighted by molar-refractivity contribution is 6.07. The highest BCUT2D eigenvalue weighted by Gasteiger charge is 2.32. The van der Waals surface area contributed by atoms with Crippen LogP contribution in [-0.2, 0) is 9.53 Å². The number of tetrazole rings is 1. The van der Waals surface area contributed by atoms with Crippen LogP contribution >= 0.6 is 0 Å². The van der Waals surface area contributed by atoms with E-state index in [0.717, 1.165) is 46.8 Å². The number of hydrogen-bond donors (Lipinski definition) is 2. The van der Waals surface area contributed by atoms with Crippen LogP contribution in [0, 0.1) is 0 Å². The number of aromatic amines is 1. The van der Waals surface area contributed by atoms with Gasteiger partial charge < -0.3 is 19.9 Å². The summed E-state index contributed by atoms with van der Waals surface area (Å²) in [6.45, 7) is 9.54. The first-order chi connectivity index (χ1) is 18.3. The minimum atomic E-state index is -0.301. The second-order valence-corrected chi connectivity index (χ2v) is 10.0. The monoisotopic (exact) mass is 514 g/mol. The zero-order valence-corrected chi connectivity index (χ0v) is 22.0. The number of H-pyrrole nitrogens is 1. The van der Waals surface area contributed by atoms with Crippen LogP contribution in [-0.4, -0.2) is 73.6 Å². The molecule has 12 heteroatoms. The maximum Gasteiger partial charge on any atom is 0.255 e. The van der Waals surface area contributed by atoms with Crippen molar-refractivity contribution in [3.63, 3.8) is 0 Å². The molecule has 3 aromatic heterocycles. The van der Waals surface area contributed by atoms with Gasteiger partial charge in [-0.25, -0.2) is 9.67 Å². The van der Waals surface area contributed by atoms with Gasteiger partial charge in [0.2, 0.25) is 5.95 Å². The van der Waals surface area contributed by atoms with Crippen LogP contribution in [0.3, 0.4) is 0 Å². The van der Waals surface area contributed by atoms with E-state index in [1.807, 2.05) is 56.3 Å². The number of nitrogens with zero attached hydrogens (tertiary/aromatic N) is 8. The zero-order chi connectivity index (χ0) is 26.6. The molecule has 0 unspecified atom stereocenters. The van der Waals surface area contributed by atoms with E-state index in [1.165, 1.54) is 0 Å². The maximum absolute atomic E-state index is 13.4. The molecule has 196 valence electrons. The summed E-state index contributed by atoms with van der Waals surface area (Å²) in [5.41, 5.74) is 4.71. The first-order valence-electron chi connectivity index (χ1n) is 12.7. The second-order valence-electron chi connectivity index (χ2n) is 10.0. The summed E-state index contributed by atoms with van der Waals surface area (Å²) >= 11 is 0. The highest BCUT2D eigenvalue weighted by Crippen LogP contribution is 2.34. The third-order valence-corrected chi connectivity index (χ3v) is 7.28. The number of amides is 1. The van der Waals surface area contributed by atoms with Gasteiger partial charge in [-0.05, 0) is 68.5 Å². The Morgan fingerprint density at radius 2 is 1.92 bits per heavy atom. The van der Waals surface area contributed by atoms with Crippen molar-refractivity contribution in [3.8, 4) is 11.3 Å². The van der Waals surface area contributed by atoms with Gasteiger partial charge in [0, 0.05) is 48.7 Å². The molecule has 12 nitrogen and oxygen atoms in total. The van der Waals surface area contributed by atoms with Crippen LogP contribution in [0.5, 0.6) is 0 Å². The molecule has 1 amide bonds. The van der Waals surface area contributed by atoms with Crippen molar-refractivity contribution in [1.29, 1.82) is 0 Å². The van der Waals surface area contributed by atoms with E-state index in [0.29, 0.717) is 17.2 Å². The largest absolute Gasteiger partial charge is 0.372 e. The quantitative estimate of drug-likeness (QED) is 0.422. The number of morpholine rings is 1. The molecule has 2 N–H and O–H groups in total. The summed E-state index contributed by atoms with van der Waals surface area (Å²) in [6.07, 6.45) is 2.09. The van der Waals surface area contributed by atoms with Gasteiger partial charge in [-0.2, -0.15) is 5.10 Å². The molecule has 0 spiro atoms. The van der Waals surface area contributed by atoms with E-state index in [4.69, 9.17) is 4.74 Å². The fraction of sp³-hybridized carbons (Fsp3) is 0.385. The van der Waals surface area contributed by atoms with E-state index in [1.54, 1.807) is 4.68 Å². The molecule has 2 aliphatic heterocycles. The van der Waals surface area contributed by atoms with E-state index in [2.05, 4.69) is 60.8 Å². The molecule has 3 atom stereocenters. The van der Waals surface area contributed by atoms with Crippen molar-refractivity contribution >= 4 is 34.3 Å². The fourth-order valence-electron chi connectivity index (χ4n) is 5.38. The number of carbonyl (C=O) groups is 1. The SMILES string of the molecule is CC1=C(C(=O)Nc2ccc3[nH]nc(-c4ccnc(N5C[C@@H](C)O[C@H](C)C5)c4)c3c2)[C@@H](C)n2nnnc2N1C. The lowest BCUT2D eigenvalue weighted by atomic mass is 10.0. The summed E-state index contributed by atoms with van der Waals surface area (Å²) < 4.78 is 7.53. The predicted molar refractivity (Wildman–Crippen MR) is 144 cm³/mol. The molecular weight excluding hydrogens is 484 g/mol. The molecule has 0 saturated carbocycles. The minimum Gasteiger partial charge on any atom is -0.372 e. The lowest BCUT2D eigenvalue weighted by Gasteiger charge is -2.36. The van der Waals surface area contributed by atoms with E-state index in [9.17, 15) is 4.79 Å². The van der Waals surface area contributed by atoms with Gasteiger partial charge in [-0.1, -0.05) is 5.10 Å². The average molecular weight is 515 g/mol. The van der Waals surface area contributed by atoms with Crippen molar-refractivity contribution in [3.05, 3.63) is 47.8 Å². The number of rotatable bonds is 4. The Morgan fingerprint density at radius 1 is 1.13 bits per heavy atom. The molecule has 1 fully saturated rings. The summed E-state index contributed by atoms with van der Waals surface area (Å²) in [5, 5.41) is 23.6. The second kappa shape index (κ2) is 9.21. The van der Waals surface area contributed by atoms with Gasteiger partial charge in [-0.3, -0.25) is 9.89 Å². The summed E-state index contributed by atoms with van der Waals surface area (Å²) in [7, 11) is 1.85. The first-order valence-corrected chi connectivity index (χ1v) is 12.7. The zero-order valence-electron chi connectivity index (χ0n) is 22.0. The molecule has 38 heavy (non-hydrogen) atoms. The van der Waals surface area contributed by atoms with Crippen molar-refractivity contribution in [2.24, 2.45) is 0 Å². The van der Waals surface area contributed by atoms with E-state index in [-0.39, 0.29) is 24.2 Å². The molecule has 0 bridgehead atoms. The Bertz CT molecular complexity index is 1550. The molecule has 0 aliphatic carbocycles. The topological polar surface area (TPSA) is 130 Å². The normalized spacial score (nSPS) is 21.7.